The Bertz CT molecular complexity index is 576. The minimum atomic E-state index is -0.937. The maximum atomic E-state index is 13.3. The van der Waals surface area contributed by atoms with Gasteiger partial charge in [0.1, 0.15) is 17.3 Å². The fraction of sp³-hybridized carbons (Fsp3) is 0.154. The zero-order chi connectivity index (χ0) is 14.0. The van der Waals surface area contributed by atoms with E-state index in [1.165, 1.54) is 11.3 Å². The van der Waals surface area contributed by atoms with Gasteiger partial charge in [-0.25, -0.2) is 8.78 Å². The quantitative estimate of drug-likeness (QED) is 0.850. The van der Waals surface area contributed by atoms with Crippen LogP contribution in [0.25, 0.3) is 0 Å². The second-order valence-electron chi connectivity index (χ2n) is 4.11. The molecule has 1 aromatic heterocycles. The molecule has 3 N–H and O–H groups in total. The van der Waals surface area contributed by atoms with Crippen molar-refractivity contribution >= 4 is 22.9 Å². The summed E-state index contributed by atoms with van der Waals surface area (Å²) in [5.74, 6) is -2.42. The van der Waals surface area contributed by atoms with Gasteiger partial charge in [0.05, 0.1) is 6.04 Å². The number of nitrogens with two attached hydrogens (primary N) is 1. The Hall–Kier alpha value is -1.95. The SMILES string of the molecule is CC(NC(=O)c1cc(F)c(N)c(F)c1)c1ccsc1. The van der Waals surface area contributed by atoms with Gasteiger partial charge < -0.3 is 11.1 Å². The number of rotatable bonds is 3. The van der Waals surface area contributed by atoms with Gasteiger partial charge in [-0.3, -0.25) is 4.79 Å². The number of thiophene rings is 1. The van der Waals surface area contributed by atoms with E-state index in [-0.39, 0.29) is 11.6 Å². The van der Waals surface area contributed by atoms with Crippen LogP contribution >= 0.6 is 11.3 Å². The van der Waals surface area contributed by atoms with E-state index in [9.17, 15) is 13.6 Å². The van der Waals surface area contributed by atoms with Crippen LogP contribution in [-0.4, -0.2) is 5.91 Å². The van der Waals surface area contributed by atoms with Gasteiger partial charge in [-0.1, -0.05) is 0 Å². The van der Waals surface area contributed by atoms with E-state index < -0.39 is 23.2 Å². The largest absolute Gasteiger partial charge is 0.394 e. The van der Waals surface area contributed by atoms with Gasteiger partial charge in [0, 0.05) is 5.56 Å². The predicted octanol–water partition coefficient (Wildman–Crippen LogP) is 3.10. The molecule has 3 nitrogen and oxygen atoms in total. The van der Waals surface area contributed by atoms with Crippen molar-refractivity contribution in [2.24, 2.45) is 0 Å². The average Bonchev–Trinajstić information content (AvgIpc) is 2.89. The maximum absolute atomic E-state index is 13.3. The fourth-order valence-corrected chi connectivity index (χ4v) is 2.35. The summed E-state index contributed by atoms with van der Waals surface area (Å²) in [6.07, 6.45) is 0. The summed E-state index contributed by atoms with van der Waals surface area (Å²) >= 11 is 1.51. The Morgan fingerprint density at radius 1 is 1.37 bits per heavy atom. The third kappa shape index (κ3) is 2.90. The number of anilines is 1. The Kier molecular flexibility index (Phi) is 3.80. The molecule has 0 spiro atoms. The molecule has 0 radical (unpaired) electrons. The van der Waals surface area contributed by atoms with Crippen molar-refractivity contribution in [1.29, 1.82) is 0 Å². The summed E-state index contributed by atoms with van der Waals surface area (Å²) in [5, 5.41) is 6.45. The first kappa shape index (κ1) is 13.5. The Labute approximate surface area is 113 Å². The smallest absolute Gasteiger partial charge is 0.251 e. The van der Waals surface area contributed by atoms with Crippen LogP contribution in [0.3, 0.4) is 0 Å². The molecule has 0 aliphatic carbocycles. The van der Waals surface area contributed by atoms with Gasteiger partial charge in [-0.2, -0.15) is 11.3 Å². The van der Waals surface area contributed by atoms with Crippen molar-refractivity contribution in [3.8, 4) is 0 Å². The number of hydrogen-bond donors (Lipinski definition) is 2. The van der Waals surface area contributed by atoms with Crippen LogP contribution in [0, 0.1) is 11.6 Å². The van der Waals surface area contributed by atoms with Crippen LogP contribution in [0.15, 0.2) is 29.0 Å². The average molecular weight is 282 g/mol. The van der Waals surface area contributed by atoms with Crippen molar-refractivity contribution in [1.82, 2.24) is 5.32 Å². The zero-order valence-corrected chi connectivity index (χ0v) is 10.9. The van der Waals surface area contributed by atoms with Crippen molar-refractivity contribution in [2.45, 2.75) is 13.0 Å². The van der Waals surface area contributed by atoms with Gasteiger partial charge in [-0.15, -0.1) is 0 Å². The third-order valence-electron chi connectivity index (χ3n) is 2.73. The lowest BCUT2D eigenvalue weighted by molar-refractivity contribution is 0.0939. The Balaban J connectivity index is 2.16. The van der Waals surface area contributed by atoms with E-state index in [2.05, 4.69) is 5.32 Å². The molecule has 1 amide bonds. The number of amides is 1. The summed E-state index contributed by atoms with van der Waals surface area (Å²) in [6.45, 7) is 1.80. The van der Waals surface area contributed by atoms with Crippen LogP contribution in [0.4, 0.5) is 14.5 Å². The number of carbonyl (C=O) groups excluding carboxylic acids is 1. The van der Waals surface area contributed by atoms with Crippen LogP contribution in [0.2, 0.25) is 0 Å². The lowest BCUT2D eigenvalue weighted by atomic mass is 10.1. The van der Waals surface area contributed by atoms with Gasteiger partial charge in [-0.05, 0) is 41.4 Å². The molecule has 0 aliphatic heterocycles. The van der Waals surface area contributed by atoms with E-state index in [0.717, 1.165) is 17.7 Å². The van der Waals surface area contributed by atoms with E-state index in [1.54, 1.807) is 6.92 Å². The molecular formula is C13H12F2N2OS. The molecule has 100 valence electrons. The normalized spacial score (nSPS) is 12.2. The molecule has 1 heterocycles. The minimum absolute atomic E-state index is 0.0914. The number of nitrogen functional groups attached to an aromatic ring is 1. The van der Waals surface area contributed by atoms with Gasteiger partial charge >= 0.3 is 0 Å². The van der Waals surface area contributed by atoms with E-state index in [1.807, 2.05) is 16.8 Å². The molecule has 2 aromatic rings. The molecule has 0 bridgehead atoms. The lowest BCUT2D eigenvalue weighted by Gasteiger charge is -2.13. The Morgan fingerprint density at radius 2 is 2.00 bits per heavy atom. The van der Waals surface area contributed by atoms with Crippen LogP contribution in [-0.2, 0) is 0 Å². The number of hydrogen-bond acceptors (Lipinski definition) is 3. The third-order valence-corrected chi connectivity index (χ3v) is 3.43. The molecular weight excluding hydrogens is 270 g/mol. The highest BCUT2D eigenvalue weighted by Gasteiger charge is 2.15. The molecule has 0 saturated carbocycles. The number of carbonyl (C=O) groups is 1. The van der Waals surface area contributed by atoms with Gasteiger partial charge in [0.15, 0.2) is 0 Å². The molecule has 0 saturated heterocycles. The van der Waals surface area contributed by atoms with Gasteiger partial charge in [0.25, 0.3) is 5.91 Å². The fourth-order valence-electron chi connectivity index (χ4n) is 1.60. The highest BCUT2D eigenvalue weighted by atomic mass is 32.1. The second kappa shape index (κ2) is 5.36. The predicted molar refractivity (Wildman–Crippen MR) is 71.0 cm³/mol. The second-order valence-corrected chi connectivity index (χ2v) is 4.89. The van der Waals surface area contributed by atoms with E-state index in [0.29, 0.717) is 0 Å². The lowest BCUT2D eigenvalue weighted by Crippen LogP contribution is -2.26. The summed E-state index contributed by atoms with van der Waals surface area (Å²) in [7, 11) is 0. The van der Waals surface area contributed by atoms with Crippen molar-refractivity contribution in [3.63, 3.8) is 0 Å². The number of halogens is 2. The van der Waals surface area contributed by atoms with E-state index >= 15 is 0 Å². The van der Waals surface area contributed by atoms with Gasteiger partial charge in [0.2, 0.25) is 0 Å². The molecule has 0 aliphatic rings. The Morgan fingerprint density at radius 3 is 2.53 bits per heavy atom. The molecule has 19 heavy (non-hydrogen) atoms. The summed E-state index contributed by atoms with van der Waals surface area (Å²) in [6, 6.07) is 3.49. The first-order valence-corrected chi connectivity index (χ1v) is 6.51. The standard InChI is InChI=1S/C13H12F2N2OS/c1-7(8-2-3-19-6-8)17-13(18)9-4-10(14)12(16)11(15)5-9/h2-7H,16H2,1H3,(H,17,18). The monoisotopic (exact) mass is 282 g/mol. The zero-order valence-electron chi connectivity index (χ0n) is 10.1. The highest BCUT2D eigenvalue weighted by molar-refractivity contribution is 7.07. The van der Waals surface area contributed by atoms with Crippen LogP contribution in [0.1, 0.15) is 28.9 Å². The summed E-state index contributed by atoms with van der Waals surface area (Å²) in [4.78, 5) is 11.9. The maximum Gasteiger partial charge on any atom is 0.251 e. The first-order chi connectivity index (χ1) is 8.99. The number of nitrogens with one attached hydrogen (secondary N) is 1. The first-order valence-electron chi connectivity index (χ1n) is 5.56. The summed E-state index contributed by atoms with van der Waals surface area (Å²) < 4.78 is 26.5. The molecule has 1 aromatic carbocycles. The molecule has 0 fully saturated rings. The van der Waals surface area contributed by atoms with Crippen molar-refractivity contribution in [3.05, 3.63) is 51.7 Å². The molecule has 1 atom stereocenters. The van der Waals surface area contributed by atoms with Crippen LogP contribution < -0.4 is 11.1 Å². The highest BCUT2D eigenvalue weighted by Crippen LogP contribution is 2.19. The van der Waals surface area contributed by atoms with E-state index in [4.69, 9.17) is 5.73 Å². The summed E-state index contributed by atoms with van der Waals surface area (Å²) in [5.41, 5.74) is 5.42. The molecule has 6 heteroatoms. The topological polar surface area (TPSA) is 55.1 Å². The minimum Gasteiger partial charge on any atom is -0.394 e. The number of benzene rings is 1. The van der Waals surface area contributed by atoms with Crippen molar-refractivity contribution < 1.29 is 13.6 Å². The molecule has 2 rings (SSSR count). The van der Waals surface area contributed by atoms with Crippen LogP contribution in [0.5, 0.6) is 0 Å². The molecule has 1 unspecified atom stereocenters. The van der Waals surface area contributed by atoms with Crippen molar-refractivity contribution in [2.75, 3.05) is 5.73 Å².